The molecule has 11 nitrogen and oxygen atoms in total. The minimum absolute atomic E-state index is 0.0265. The molecule has 2 aliphatic heterocycles. The number of primary sulfonamides is 1. The molecule has 35 heavy (non-hydrogen) atoms. The minimum Gasteiger partial charge on any atom is -0.366 e. The fourth-order valence-electron chi connectivity index (χ4n) is 5.66. The number of hydrogen-bond acceptors (Lipinski definition) is 9. The fraction of sp³-hybridized carbons (Fsp3) is 0.609. The predicted octanol–water partition coefficient (Wildman–Crippen LogP) is 0.668. The molecule has 5 rings (SSSR count). The van der Waals surface area contributed by atoms with E-state index in [0.717, 1.165) is 48.1 Å². The molecule has 192 valence electrons. The van der Waals surface area contributed by atoms with E-state index in [-0.39, 0.29) is 18.2 Å². The van der Waals surface area contributed by atoms with Crippen LogP contribution in [0.4, 0.5) is 5.69 Å². The van der Waals surface area contributed by atoms with Gasteiger partial charge in [-0.2, -0.15) is 5.10 Å². The van der Waals surface area contributed by atoms with Gasteiger partial charge in [0.15, 0.2) is 6.29 Å². The average molecular weight is 505 g/mol. The number of ether oxygens (including phenoxy) is 1. The highest BCUT2D eigenvalue weighted by atomic mass is 32.2. The lowest BCUT2D eigenvalue weighted by molar-refractivity contribution is -0.0661. The first-order valence-electron chi connectivity index (χ1n) is 12.3. The van der Waals surface area contributed by atoms with E-state index >= 15 is 0 Å². The summed E-state index contributed by atoms with van der Waals surface area (Å²) >= 11 is 0. The first-order chi connectivity index (χ1) is 16.7. The molecular weight excluding hydrogens is 468 g/mol. The number of fused-ring (bicyclic) bond motifs is 1. The van der Waals surface area contributed by atoms with Gasteiger partial charge < -0.3 is 15.0 Å². The number of sulfonamides is 1. The predicted molar refractivity (Wildman–Crippen MR) is 135 cm³/mol. The summed E-state index contributed by atoms with van der Waals surface area (Å²) in [6.45, 7) is 3.46. The van der Waals surface area contributed by atoms with E-state index in [1.807, 2.05) is 23.1 Å². The second kappa shape index (κ2) is 9.68. The number of benzene rings is 1. The fourth-order valence-corrected chi connectivity index (χ4v) is 6.59. The number of nitrogens with two attached hydrogens (primary N) is 3. The van der Waals surface area contributed by atoms with E-state index in [4.69, 9.17) is 21.5 Å². The van der Waals surface area contributed by atoms with Gasteiger partial charge in [0, 0.05) is 30.2 Å². The molecule has 2 unspecified atom stereocenters. The molecule has 0 radical (unpaired) electrons. The van der Waals surface area contributed by atoms with E-state index in [2.05, 4.69) is 28.5 Å². The number of aromatic nitrogens is 2. The van der Waals surface area contributed by atoms with E-state index in [0.29, 0.717) is 25.3 Å². The zero-order chi connectivity index (χ0) is 24.7. The van der Waals surface area contributed by atoms with E-state index in [1.54, 1.807) is 11.2 Å². The lowest BCUT2D eigenvalue weighted by Crippen LogP contribution is -2.64. The molecule has 1 aromatic heterocycles. The average Bonchev–Trinajstić information content (AvgIpc) is 3.30. The van der Waals surface area contributed by atoms with Gasteiger partial charge in [0.05, 0.1) is 28.8 Å². The largest absolute Gasteiger partial charge is 0.366 e. The van der Waals surface area contributed by atoms with Crippen LogP contribution in [0.2, 0.25) is 0 Å². The lowest BCUT2D eigenvalue weighted by Gasteiger charge is -2.46. The smallest absolute Gasteiger partial charge is 0.211 e. The zero-order valence-electron chi connectivity index (χ0n) is 20.0. The van der Waals surface area contributed by atoms with E-state index in [9.17, 15) is 8.42 Å². The molecule has 0 amide bonds. The van der Waals surface area contributed by atoms with Gasteiger partial charge in [-0.05, 0) is 69.2 Å². The Kier molecular flexibility index (Phi) is 6.77. The quantitative estimate of drug-likeness (QED) is 0.367. The van der Waals surface area contributed by atoms with Crippen LogP contribution in [0.1, 0.15) is 39.0 Å². The van der Waals surface area contributed by atoms with E-state index in [1.165, 1.54) is 0 Å². The van der Waals surface area contributed by atoms with Gasteiger partial charge in [0.25, 0.3) is 0 Å². The molecule has 12 heteroatoms. The van der Waals surface area contributed by atoms with Crippen molar-refractivity contribution >= 4 is 26.6 Å². The minimum atomic E-state index is -3.45. The molecule has 8 N–H and O–H groups in total. The molecule has 4 atom stereocenters. The lowest BCUT2D eigenvalue weighted by atomic mass is 9.84. The van der Waals surface area contributed by atoms with Gasteiger partial charge >= 0.3 is 0 Å². The first-order valence-corrected chi connectivity index (χ1v) is 13.9. The summed E-state index contributed by atoms with van der Waals surface area (Å²) in [5.41, 5.74) is 9.36. The van der Waals surface area contributed by atoms with Crippen molar-refractivity contribution < 1.29 is 13.2 Å². The molecule has 2 fully saturated rings. The monoisotopic (exact) mass is 504 g/mol. The first kappa shape index (κ1) is 24.5. The molecule has 2 aromatic rings. The Labute approximate surface area is 206 Å². The third-order valence-electron chi connectivity index (χ3n) is 7.76. The van der Waals surface area contributed by atoms with Gasteiger partial charge in [0.2, 0.25) is 10.0 Å². The van der Waals surface area contributed by atoms with E-state index < -0.39 is 21.6 Å². The number of hydrogen-bond donors (Lipinski definition) is 5. The van der Waals surface area contributed by atoms with Crippen molar-refractivity contribution in [1.82, 2.24) is 20.5 Å². The van der Waals surface area contributed by atoms with Gasteiger partial charge in [-0.1, -0.05) is 0 Å². The van der Waals surface area contributed by atoms with Crippen LogP contribution in [0.25, 0.3) is 10.9 Å². The Bertz CT molecular complexity index is 1180. The molecule has 0 bridgehead atoms. The number of nitrogens with zero attached hydrogens (tertiary/aromatic N) is 3. The molecule has 0 spiro atoms. The van der Waals surface area contributed by atoms with Crippen molar-refractivity contribution in [3.8, 4) is 0 Å². The number of H-pyrrole nitrogens is 1. The number of anilines is 1. The molecule has 1 aliphatic carbocycles. The Morgan fingerprint density at radius 3 is 2.74 bits per heavy atom. The molecule has 3 aliphatic rings. The molecule has 1 aromatic carbocycles. The standard InChI is InChI=1S/C23H36N8O3S/c1-14-22(34-18(13-27-14)10-15-2-6-19(7-3-15)35(26,32)33)21-8-9-30(23(24)31(21)25)17-5-4-16-12-28-29-20(16)11-17/h4-5,8,11-12,14-15,18-19,22-23,27H,2-3,6-7,9-10,13,24-25H2,1H3,(H,28,29)(H2,26,32,33)/t14-,15?,18+,19?,22?,23?/m1/s1. The van der Waals surface area contributed by atoms with Gasteiger partial charge in [0.1, 0.15) is 6.10 Å². The van der Waals surface area contributed by atoms with Gasteiger partial charge in [-0.3, -0.25) is 15.8 Å². The van der Waals surface area contributed by atoms with Crippen LogP contribution < -0.4 is 26.9 Å². The highest BCUT2D eigenvalue weighted by molar-refractivity contribution is 7.89. The van der Waals surface area contributed by atoms with Gasteiger partial charge in [-0.15, -0.1) is 0 Å². The van der Waals surface area contributed by atoms with Gasteiger partial charge in [-0.25, -0.2) is 19.4 Å². The number of hydrazine groups is 1. The summed E-state index contributed by atoms with van der Waals surface area (Å²) in [4.78, 5) is 2.03. The molecule has 1 saturated heterocycles. The number of nitrogens with one attached hydrogen (secondary N) is 2. The maximum Gasteiger partial charge on any atom is 0.211 e. The highest BCUT2D eigenvalue weighted by Crippen LogP contribution is 2.33. The molecular formula is C23H36N8O3S. The van der Waals surface area contributed by atoms with Crippen molar-refractivity contribution in [3.63, 3.8) is 0 Å². The summed E-state index contributed by atoms with van der Waals surface area (Å²) in [7, 11) is -3.45. The summed E-state index contributed by atoms with van der Waals surface area (Å²) in [6.07, 6.45) is 6.99. The summed E-state index contributed by atoms with van der Waals surface area (Å²) in [6, 6.07) is 6.14. The summed E-state index contributed by atoms with van der Waals surface area (Å²) in [5, 5.41) is 18.2. The Morgan fingerprint density at radius 1 is 1.23 bits per heavy atom. The second-order valence-corrected chi connectivity index (χ2v) is 11.9. The van der Waals surface area contributed by atoms with Crippen molar-refractivity contribution in [2.24, 2.45) is 22.6 Å². The Morgan fingerprint density at radius 2 is 2.00 bits per heavy atom. The third kappa shape index (κ3) is 5.04. The third-order valence-corrected chi connectivity index (χ3v) is 9.16. The normalized spacial score (nSPS) is 32.6. The Hall–Kier alpha value is -2.22. The van der Waals surface area contributed by atoms with Crippen molar-refractivity contribution in [2.45, 2.75) is 68.8 Å². The molecule has 1 saturated carbocycles. The second-order valence-electron chi connectivity index (χ2n) is 10.1. The van der Waals surface area contributed by atoms with Crippen LogP contribution in [0.5, 0.6) is 0 Å². The van der Waals surface area contributed by atoms with Crippen molar-refractivity contribution in [3.05, 3.63) is 36.2 Å². The zero-order valence-corrected chi connectivity index (χ0v) is 20.8. The van der Waals surface area contributed by atoms with Crippen LogP contribution in [0.15, 0.2) is 36.2 Å². The number of aromatic amines is 1. The molecule has 3 heterocycles. The number of rotatable bonds is 5. The van der Waals surface area contributed by atoms with Crippen LogP contribution >= 0.6 is 0 Å². The van der Waals surface area contributed by atoms with Crippen LogP contribution in [0, 0.1) is 5.92 Å². The van der Waals surface area contributed by atoms with Crippen LogP contribution in [-0.2, 0) is 14.8 Å². The topological polar surface area (TPSA) is 169 Å². The van der Waals surface area contributed by atoms with Crippen LogP contribution in [0.3, 0.4) is 0 Å². The highest BCUT2D eigenvalue weighted by Gasteiger charge is 2.38. The Balaban J connectivity index is 1.24. The number of morpholine rings is 1. The van der Waals surface area contributed by atoms with Crippen molar-refractivity contribution in [1.29, 1.82) is 0 Å². The maximum atomic E-state index is 11.7. The van der Waals surface area contributed by atoms with Crippen molar-refractivity contribution in [2.75, 3.05) is 18.0 Å². The van der Waals surface area contributed by atoms with Crippen LogP contribution in [-0.4, -0.2) is 66.5 Å². The maximum absolute atomic E-state index is 11.7. The summed E-state index contributed by atoms with van der Waals surface area (Å²) < 4.78 is 29.9. The summed E-state index contributed by atoms with van der Waals surface area (Å²) in [5.74, 6) is 6.95. The SMILES string of the molecule is C[C@H]1NC[C@H](CC2CCC(S(N)(=O)=O)CC2)OC1C1=CCN(c2ccc3cn[nH]c3c2)C(N)N1N.